The van der Waals surface area contributed by atoms with E-state index in [-0.39, 0.29) is 63.2 Å². The standard InChI is InChI=1S/C23H48O4S.K/c1-2-20-23(24)21-18-16-14-12-10-8-6-4-3-5-7-9-11-13-15-17-19-22-28(25,26)27;/h23-24H,2-22H2,1H3,(H,25,26,27);/q;+1/p-1. The average molecular weight is 459 g/mol. The van der Waals surface area contributed by atoms with E-state index in [4.69, 9.17) is 0 Å². The van der Waals surface area contributed by atoms with Crippen molar-refractivity contribution < 1.29 is 69.5 Å². The van der Waals surface area contributed by atoms with Gasteiger partial charge in [0.1, 0.15) is 0 Å². The molecule has 0 aromatic heterocycles. The molecule has 0 saturated heterocycles. The molecule has 29 heavy (non-hydrogen) atoms. The topological polar surface area (TPSA) is 77.4 Å². The maximum Gasteiger partial charge on any atom is 1.00 e. The smallest absolute Gasteiger partial charge is 0.748 e. The van der Waals surface area contributed by atoms with Crippen molar-refractivity contribution in [1.29, 1.82) is 0 Å². The molecular weight excluding hydrogens is 411 g/mol. The molecule has 0 bridgehead atoms. The van der Waals surface area contributed by atoms with Gasteiger partial charge in [-0.1, -0.05) is 116 Å². The number of rotatable bonds is 22. The Hall–Kier alpha value is 1.51. The molecule has 6 heteroatoms. The Kier molecular flexibility index (Phi) is 27.2. The zero-order chi connectivity index (χ0) is 20.9. The van der Waals surface area contributed by atoms with Crippen LogP contribution in [0.25, 0.3) is 0 Å². The number of aliphatic hydroxyl groups is 1. The van der Waals surface area contributed by atoms with Gasteiger partial charge in [-0.25, -0.2) is 8.42 Å². The second-order valence-electron chi connectivity index (χ2n) is 8.50. The number of hydrogen-bond donors (Lipinski definition) is 1. The third-order valence-electron chi connectivity index (χ3n) is 5.55. The van der Waals surface area contributed by atoms with Gasteiger partial charge in [0, 0.05) is 5.75 Å². The first kappa shape index (κ1) is 32.7. The molecule has 0 amide bonds. The molecule has 0 aliphatic heterocycles. The Bertz CT molecular complexity index is 415. The summed E-state index contributed by atoms with van der Waals surface area (Å²) in [5.74, 6) is -0.198. The largest absolute Gasteiger partial charge is 1.00 e. The van der Waals surface area contributed by atoms with E-state index in [0.717, 1.165) is 38.5 Å². The second kappa shape index (κ2) is 24.2. The molecule has 170 valence electrons. The molecule has 0 aromatic carbocycles. The number of aliphatic hydroxyl groups excluding tert-OH is 1. The molecule has 0 heterocycles. The van der Waals surface area contributed by atoms with E-state index in [9.17, 15) is 18.1 Å². The van der Waals surface area contributed by atoms with Gasteiger partial charge in [-0.15, -0.1) is 0 Å². The van der Waals surface area contributed by atoms with Crippen LogP contribution in [0.4, 0.5) is 0 Å². The molecule has 1 unspecified atom stereocenters. The van der Waals surface area contributed by atoms with Crippen LogP contribution in [0.1, 0.15) is 135 Å². The van der Waals surface area contributed by atoms with E-state index in [1.807, 2.05) is 0 Å². The van der Waals surface area contributed by atoms with E-state index in [2.05, 4.69) is 6.92 Å². The van der Waals surface area contributed by atoms with Crippen LogP contribution >= 0.6 is 0 Å². The van der Waals surface area contributed by atoms with Gasteiger partial charge in [0.15, 0.2) is 0 Å². The Morgan fingerprint density at radius 1 is 0.621 bits per heavy atom. The average Bonchev–Trinajstić information content (AvgIpc) is 2.63. The van der Waals surface area contributed by atoms with Crippen molar-refractivity contribution in [3.63, 3.8) is 0 Å². The summed E-state index contributed by atoms with van der Waals surface area (Å²) in [5, 5.41) is 9.68. The summed E-state index contributed by atoms with van der Waals surface area (Å²) in [6, 6.07) is 0. The molecule has 0 aliphatic rings. The quantitative estimate of drug-likeness (QED) is 0.152. The van der Waals surface area contributed by atoms with Crippen molar-refractivity contribution in [2.75, 3.05) is 5.75 Å². The maximum atomic E-state index is 10.5. The number of hydrogen-bond acceptors (Lipinski definition) is 4. The fourth-order valence-electron chi connectivity index (χ4n) is 3.79. The predicted octanol–water partition coefficient (Wildman–Crippen LogP) is 3.72. The van der Waals surface area contributed by atoms with E-state index in [1.165, 1.54) is 83.5 Å². The molecule has 0 fully saturated rings. The van der Waals surface area contributed by atoms with Gasteiger partial charge in [-0.3, -0.25) is 0 Å². The fraction of sp³-hybridized carbons (Fsp3) is 1.00. The van der Waals surface area contributed by atoms with E-state index in [1.54, 1.807) is 0 Å². The van der Waals surface area contributed by atoms with Crippen molar-refractivity contribution in [1.82, 2.24) is 0 Å². The van der Waals surface area contributed by atoms with Crippen LogP contribution < -0.4 is 51.4 Å². The third kappa shape index (κ3) is 29.5. The second-order valence-corrected chi connectivity index (χ2v) is 10.0. The molecule has 0 rings (SSSR count). The fourth-order valence-corrected chi connectivity index (χ4v) is 4.35. The minimum Gasteiger partial charge on any atom is -0.748 e. The first-order chi connectivity index (χ1) is 13.5. The number of unbranched alkanes of at least 4 members (excludes halogenated alkanes) is 16. The minimum atomic E-state index is -4.01. The van der Waals surface area contributed by atoms with Crippen molar-refractivity contribution in [3.8, 4) is 0 Å². The van der Waals surface area contributed by atoms with Crippen LogP contribution in [0.2, 0.25) is 0 Å². The zero-order valence-electron chi connectivity index (χ0n) is 19.5. The van der Waals surface area contributed by atoms with E-state index < -0.39 is 10.1 Å². The summed E-state index contributed by atoms with van der Waals surface area (Å²) in [7, 11) is -4.01. The Morgan fingerprint density at radius 3 is 1.24 bits per heavy atom. The summed E-state index contributed by atoms with van der Waals surface area (Å²) >= 11 is 0. The normalized spacial score (nSPS) is 12.7. The maximum absolute atomic E-state index is 10.5. The molecule has 1 N–H and O–H groups in total. The molecule has 0 aromatic rings. The van der Waals surface area contributed by atoms with Gasteiger partial charge >= 0.3 is 51.4 Å². The predicted molar refractivity (Wildman–Crippen MR) is 119 cm³/mol. The molecular formula is C23H47KO4S. The summed E-state index contributed by atoms with van der Waals surface area (Å²) in [6.07, 6.45) is 23.7. The van der Waals surface area contributed by atoms with E-state index in [0.29, 0.717) is 6.42 Å². The SMILES string of the molecule is CCCC(O)CCCCCCCCCCCCCCCCCCCS(=O)(=O)[O-].[K+]. The van der Waals surface area contributed by atoms with Gasteiger partial charge in [-0.05, 0) is 19.3 Å². The summed E-state index contributed by atoms with van der Waals surface area (Å²) in [6.45, 7) is 2.13. The molecule has 0 spiro atoms. The Balaban J connectivity index is 0. The Morgan fingerprint density at radius 2 is 0.931 bits per heavy atom. The van der Waals surface area contributed by atoms with E-state index >= 15 is 0 Å². The van der Waals surface area contributed by atoms with Gasteiger partial charge in [0.05, 0.1) is 16.2 Å². The van der Waals surface area contributed by atoms with Gasteiger partial charge in [-0.2, -0.15) is 0 Å². The molecule has 4 nitrogen and oxygen atoms in total. The molecule has 0 aliphatic carbocycles. The van der Waals surface area contributed by atoms with Gasteiger partial charge in [0.25, 0.3) is 0 Å². The monoisotopic (exact) mass is 458 g/mol. The summed E-state index contributed by atoms with van der Waals surface area (Å²) < 4.78 is 31.4. The van der Waals surface area contributed by atoms with Gasteiger partial charge in [0.2, 0.25) is 0 Å². The molecule has 1 atom stereocenters. The molecule has 0 radical (unpaired) electrons. The summed E-state index contributed by atoms with van der Waals surface area (Å²) in [4.78, 5) is 0. The Labute approximate surface area is 224 Å². The minimum absolute atomic E-state index is 0. The zero-order valence-corrected chi connectivity index (χ0v) is 23.4. The van der Waals surface area contributed by atoms with Crippen molar-refractivity contribution in [2.45, 2.75) is 141 Å². The van der Waals surface area contributed by atoms with Crippen LogP contribution in [0, 0.1) is 0 Å². The summed E-state index contributed by atoms with van der Waals surface area (Å²) in [5.41, 5.74) is 0. The van der Waals surface area contributed by atoms with Crippen LogP contribution in [-0.4, -0.2) is 29.9 Å². The van der Waals surface area contributed by atoms with Crippen LogP contribution in [-0.2, 0) is 10.1 Å². The van der Waals surface area contributed by atoms with Crippen molar-refractivity contribution >= 4 is 10.1 Å². The van der Waals surface area contributed by atoms with Crippen LogP contribution in [0.5, 0.6) is 0 Å². The third-order valence-corrected chi connectivity index (χ3v) is 6.34. The molecule has 0 saturated carbocycles. The van der Waals surface area contributed by atoms with Crippen molar-refractivity contribution in [2.24, 2.45) is 0 Å². The first-order valence-electron chi connectivity index (χ1n) is 12.1. The van der Waals surface area contributed by atoms with Gasteiger partial charge < -0.3 is 9.66 Å². The van der Waals surface area contributed by atoms with Crippen LogP contribution in [0.15, 0.2) is 0 Å². The first-order valence-corrected chi connectivity index (χ1v) is 13.6. The van der Waals surface area contributed by atoms with Crippen LogP contribution in [0.3, 0.4) is 0 Å². The van der Waals surface area contributed by atoms with Crippen molar-refractivity contribution in [3.05, 3.63) is 0 Å².